The van der Waals surface area contributed by atoms with Crippen LogP contribution in [-0.4, -0.2) is 25.6 Å². The third-order valence-corrected chi connectivity index (χ3v) is 2.77. The standard InChI is InChI=1S/C15H24FN3.HI/c1-3-5-11-18-15(17-4-2)19-12-10-13-8-6-7-9-14(13)16;/h6-9H,3-5,10-12H2,1-2H3,(H2,17,18,19);1H. The summed E-state index contributed by atoms with van der Waals surface area (Å²) in [7, 11) is 0. The summed E-state index contributed by atoms with van der Waals surface area (Å²) in [4.78, 5) is 4.46. The lowest BCUT2D eigenvalue weighted by Crippen LogP contribution is -2.38. The molecule has 0 aliphatic heterocycles. The van der Waals surface area contributed by atoms with E-state index in [1.54, 1.807) is 6.07 Å². The zero-order chi connectivity index (χ0) is 13.9. The van der Waals surface area contributed by atoms with Crippen molar-refractivity contribution in [1.82, 2.24) is 10.6 Å². The van der Waals surface area contributed by atoms with Crippen LogP contribution in [0.3, 0.4) is 0 Å². The van der Waals surface area contributed by atoms with Crippen LogP contribution in [0.2, 0.25) is 0 Å². The van der Waals surface area contributed by atoms with Gasteiger partial charge in [-0.05, 0) is 31.4 Å². The van der Waals surface area contributed by atoms with Crippen LogP contribution in [-0.2, 0) is 6.42 Å². The van der Waals surface area contributed by atoms with Crippen LogP contribution in [0, 0.1) is 5.82 Å². The van der Waals surface area contributed by atoms with E-state index in [1.165, 1.54) is 6.07 Å². The van der Waals surface area contributed by atoms with Crippen LogP contribution in [0.4, 0.5) is 4.39 Å². The van der Waals surface area contributed by atoms with Gasteiger partial charge in [0.25, 0.3) is 0 Å². The van der Waals surface area contributed by atoms with E-state index < -0.39 is 0 Å². The maximum absolute atomic E-state index is 13.4. The van der Waals surface area contributed by atoms with Crippen molar-refractivity contribution in [2.45, 2.75) is 33.1 Å². The fraction of sp³-hybridized carbons (Fsp3) is 0.533. The summed E-state index contributed by atoms with van der Waals surface area (Å²) in [6.07, 6.45) is 2.88. The summed E-state index contributed by atoms with van der Waals surface area (Å²) in [6.45, 7) is 6.52. The lowest BCUT2D eigenvalue weighted by molar-refractivity contribution is 0.606. The lowest BCUT2D eigenvalue weighted by atomic mass is 10.1. The molecule has 0 aliphatic rings. The molecule has 1 aromatic carbocycles. The minimum atomic E-state index is -0.141. The highest BCUT2D eigenvalue weighted by atomic mass is 127. The Labute approximate surface area is 138 Å². The lowest BCUT2D eigenvalue weighted by Gasteiger charge is -2.11. The van der Waals surface area contributed by atoms with Crippen molar-refractivity contribution >= 4 is 29.9 Å². The topological polar surface area (TPSA) is 36.4 Å². The summed E-state index contributed by atoms with van der Waals surface area (Å²) < 4.78 is 13.4. The Morgan fingerprint density at radius 2 is 1.95 bits per heavy atom. The van der Waals surface area contributed by atoms with Gasteiger partial charge in [0, 0.05) is 19.6 Å². The molecule has 0 fully saturated rings. The van der Waals surface area contributed by atoms with Gasteiger partial charge >= 0.3 is 0 Å². The minimum Gasteiger partial charge on any atom is -0.357 e. The molecule has 5 heteroatoms. The first-order valence-electron chi connectivity index (χ1n) is 7.03. The molecule has 2 N–H and O–H groups in total. The van der Waals surface area contributed by atoms with E-state index in [0.29, 0.717) is 13.0 Å². The van der Waals surface area contributed by atoms with E-state index in [1.807, 2.05) is 19.1 Å². The van der Waals surface area contributed by atoms with E-state index in [4.69, 9.17) is 0 Å². The minimum absolute atomic E-state index is 0. The zero-order valence-corrected chi connectivity index (χ0v) is 14.6. The summed E-state index contributed by atoms with van der Waals surface area (Å²) >= 11 is 0. The zero-order valence-electron chi connectivity index (χ0n) is 12.3. The molecule has 0 saturated heterocycles. The first-order valence-corrected chi connectivity index (χ1v) is 7.03. The third-order valence-electron chi connectivity index (χ3n) is 2.77. The van der Waals surface area contributed by atoms with Crippen LogP contribution in [0.5, 0.6) is 0 Å². The van der Waals surface area contributed by atoms with Crippen LogP contribution in [0.15, 0.2) is 29.3 Å². The van der Waals surface area contributed by atoms with Crippen molar-refractivity contribution in [3.05, 3.63) is 35.6 Å². The second-order valence-electron chi connectivity index (χ2n) is 4.38. The molecule has 0 radical (unpaired) electrons. The van der Waals surface area contributed by atoms with E-state index in [0.717, 1.165) is 37.5 Å². The maximum Gasteiger partial charge on any atom is 0.191 e. The molecule has 0 bridgehead atoms. The second kappa shape index (κ2) is 11.9. The van der Waals surface area contributed by atoms with Gasteiger partial charge in [-0.2, -0.15) is 0 Å². The highest BCUT2D eigenvalue weighted by Gasteiger charge is 2.01. The van der Waals surface area contributed by atoms with Gasteiger partial charge in [0.15, 0.2) is 5.96 Å². The number of aliphatic imine (C=N–C) groups is 1. The Balaban J connectivity index is 0.00000361. The summed E-state index contributed by atoms with van der Waals surface area (Å²) in [5.41, 5.74) is 0.736. The van der Waals surface area contributed by atoms with Crippen LogP contribution >= 0.6 is 24.0 Å². The normalized spacial score (nSPS) is 10.8. The van der Waals surface area contributed by atoms with Gasteiger partial charge in [-0.25, -0.2) is 4.39 Å². The number of guanidine groups is 1. The summed E-state index contributed by atoms with van der Waals surface area (Å²) in [5, 5.41) is 6.42. The van der Waals surface area contributed by atoms with E-state index in [9.17, 15) is 4.39 Å². The molecule has 0 heterocycles. The Kier molecular flexibility index (Phi) is 11.4. The van der Waals surface area contributed by atoms with Crippen LogP contribution < -0.4 is 10.6 Å². The predicted octanol–water partition coefficient (Wildman–Crippen LogP) is 3.34. The number of nitrogens with zero attached hydrogens (tertiary/aromatic N) is 1. The average Bonchev–Trinajstić information content (AvgIpc) is 2.41. The van der Waals surface area contributed by atoms with Gasteiger partial charge in [0.2, 0.25) is 0 Å². The molecule has 0 amide bonds. The Morgan fingerprint density at radius 1 is 1.20 bits per heavy atom. The predicted molar refractivity (Wildman–Crippen MR) is 94.4 cm³/mol. The largest absolute Gasteiger partial charge is 0.357 e. The molecule has 0 atom stereocenters. The quantitative estimate of drug-likeness (QED) is 0.323. The fourth-order valence-electron chi connectivity index (χ4n) is 1.71. The Morgan fingerprint density at radius 3 is 2.60 bits per heavy atom. The van der Waals surface area contributed by atoms with Gasteiger partial charge in [0.1, 0.15) is 5.82 Å². The monoisotopic (exact) mass is 393 g/mol. The summed E-state index contributed by atoms with van der Waals surface area (Å²) in [5.74, 6) is 0.671. The molecular formula is C15H25FIN3. The SMILES string of the molecule is CCCCN=C(NCC)NCCc1ccccc1F.I. The molecule has 0 saturated carbocycles. The average molecular weight is 393 g/mol. The van der Waals surface area contributed by atoms with Gasteiger partial charge in [0.05, 0.1) is 0 Å². The van der Waals surface area contributed by atoms with Crippen molar-refractivity contribution in [2.24, 2.45) is 4.99 Å². The number of nitrogens with one attached hydrogen (secondary N) is 2. The number of halogens is 2. The molecular weight excluding hydrogens is 368 g/mol. The van der Waals surface area contributed by atoms with Gasteiger partial charge in [-0.3, -0.25) is 4.99 Å². The molecule has 3 nitrogen and oxygen atoms in total. The molecule has 0 aromatic heterocycles. The number of hydrogen-bond donors (Lipinski definition) is 2. The van der Waals surface area contributed by atoms with Crippen molar-refractivity contribution in [3.63, 3.8) is 0 Å². The van der Waals surface area contributed by atoms with Crippen LogP contribution in [0.1, 0.15) is 32.3 Å². The maximum atomic E-state index is 13.4. The first kappa shape index (κ1) is 19.1. The van der Waals surface area contributed by atoms with Gasteiger partial charge in [-0.1, -0.05) is 31.5 Å². The van der Waals surface area contributed by atoms with E-state index >= 15 is 0 Å². The highest BCUT2D eigenvalue weighted by molar-refractivity contribution is 14.0. The number of hydrogen-bond acceptors (Lipinski definition) is 1. The molecule has 1 aromatic rings. The van der Waals surface area contributed by atoms with Crippen LogP contribution in [0.25, 0.3) is 0 Å². The van der Waals surface area contributed by atoms with E-state index in [-0.39, 0.29) is 29.8 Å². The molecule has 0 spiro atoms. The fourth-order valence-corrected chi connectivity index (χ4v) is 1.71. The Bertz CT molecular complexity index is 396. The number of benzene rings is 1. The van der Waals surface area contributed by atoms with Crippen molar-refractivity contribution < 1.29 is 4.39 Å². The van der Waals surface area contributed by atoms with Crippen molar-refractivity contribution in [2.75, 3.05) is 19.6 Å². The van der Waals surface area contributed by atoms with Crippen molar-refractivity contribution in [1.29, 1.82) is 0 Å². The molecule has 1 rings (SSSR count). The van der Waals surface area contributed by atoms with Gasteiger partial charge < -0.3 is 10.6 Å². The smallest absolute Gasteiger partial charge is 0.191 e. The highest BCUT2D eigenvalue weighted by Crippen LogP contribution is 2.05. The molecule has 0 unspecified atom stereocenters. The summed E-state index contributed by atoms with van der Waals surface area (Å²) in [6, 6.07) is 6.88. The molecule has 20 heavy (non-hydrogen) atoms. The third kappa shape index (κ3) is 7.67. The molecule has 0 aliphatic carbocycles. The first-order chi connectivity index (χ1) is 9.27. The number of unbranched alkanes of at least 4 members (excludes halogenated alkanes) is 1. The van der Waals surface area contributed by atoms with E-state index in [2.05, 4.69) is 22.5 Å². The molecule has 114 valence electrons. The van der Waals surface area contributed by atoms with Crippen molar-refractivity contribution in [3.8, 4) is 0 Å². The Hall–Kier alpha value is -0.850. The number of rotatable bonds is 7. The second-order valence-corrected chi connectivity index (χ2v) is 4.38. The van der Waals surface area contributed by atoms with Gasteiger partial charge in [-0.15, -0.1) is 24.0 Å².